The van der Waals surface area contributed by atoms with Gasteiger partial charge in [-0.25, -0.2) is 0 Å². The Hall–Kier alpha value is -1.79. The second kappa shape index (κ2) is 6.72. The average molecular weight is 231 g/mol. The molecule has 0 spiro atoms. The van der Waals surface area contributed by atoms with E-state index < -0.39 is 0 Å². The lowest BCUT2D eigenvalue weighted by Gasteiger charge is -2.07. The van der Waals surface area contributed by atoms with E-state index in [0.29, 0.717) is 18.5 Å². The van der Waals surface area contributed by atoms with Crippen molar-refractivity contribution in [2.24, 2.45) is 0 Å². The second-order valence-electron chi connectivity index (χ2n) is 3.61. The predicted octanol–water partition coefficient (Wildman–Crippen LogP) is 1.48. The number of rotatable bonds is 3. The van der Waals surface area contributed by atoms with Crippen molar-refractivity contribution >= 4 is 5.91 Å². The zero-order valence-corrected chi connectivity index (χ0v) is 10.2. The number of carbonyl (C=O) groups is 1. The lowest BCUT2D eigenvalue weighted by atomic mass is 10.0. The zero-order chi connectivity index (χ0) is 12.7. The standard InChI is InChI=1S/C14H17NO2/c1-3-15-14(17)13-9-6-8-12(11(13)2)7-4-5-10-16/h6,8-9,16H,3,5,10H2,1-2H3,(H,15,17). The van der Waals surface area contributed by atoms with Gasteiger partial charge < -0.3 is 10.4 Å². The van der Waals surface area contributed by atoms with Gasteiger partial charge in [-0.2, -0.15) is 0 Å². The topological polar surface area (TPSA) is 49.3 Å². The van der Waals surface area contributed by atoms with Crippen LogP contribution in [0.15, 0.2) is 18.2 Å². The first-order valence-corrected chi connectivity index (χ1v) is 5.68. The molecule has 0 atom stereocenters. The molecule has 3 heteroatoms. The normalized spacial score (nSPS) is 9.35. The van der Waals surface area contributed by atoms with Crippen molar-refractivity contribution < 1.29 is 9.90 Å². The highest BCUT2D eigenvalue weighted by Gasteiger charge is 2.09. The van der Waals surface area contributed by atoms with Gasteiger partial charge in [0, 0.05) is 24.1 Å². The van der Waals surface area contributed by atoms with Crippen LogP contribution in [0.1, 0.15) is 34.8 Å². The third kappa shape index (κ3) is 3.61. The van der Waals surface area contributed by atoms with Gasteiger partial charge in [0.25, 0.3) is 5.91 Å². The maximum absolute atomic E-state index is 11.7. The highest BCUT2D eigenvalue weighted by atomic mass is 16.2. The van der Waals surface area contributed by atoms with E-state index in [1.54, 1.807) is 6.07 Å². The number of aliphatic hydroxyl groups is 1. The Morgan fingerprint density at radius 3 is 2.88 bits per heavy atom. The van der Waals surface area contributed by atoms with Gasteiger partial charge >= 0.3 is 0 Å². The molecule has 0 saturated heterocycles. The summed E-state index contributed by atoms with van der Waals surface area (Å²) in [6.07, 6.45) is 0.449. The summed E-state index contributed by atoms with van der Waals surface area (Å²) in [6.45, 7) is 4.44. The summed E-state index contributed by atoms with van der Waals surface area (Å²) >= 11 is 0. The van der Waals surface area contributed by atoms with Crippen LogP contribution in [0.4, 0.5) is 0 Å². The maximum atomic E-state index is 11.7. The molecule has 1 amide bonds. The number of carbonyl (C=O) groups excluding carboxylic acids is 1. The van der Waals surface area contributed by atoms with Crippen LogP contribution in [0.2, 0.25) is 0 Å². The van der Waals surface area contributed by atoms with Crippen LogP contribution < -0.4 is 5.32 Å². The van der Waals surface area contributed by atoms with Crippen molar-refractivity contribution in [2.75, 3.05) is 13.2 Å². The molecule has 3 nitrogen and oxygen atoms in total. The Morgan fingerprint density at radius 1 is 1.47 bits per heavy atom. The summed E-state index contributed by atoms with van der Waals surface area (Å²) in [5, 5.41) is 11.4. The number of benzene rings is 1. The molecule has 2 N–H and O–H groups in total. The van der Waals surface area contributed by atoms with Crippen LogP contribution in [0, 0.1) is 18.8 Å². The lowest BCUT2D eigenvalue weighted by Crippen LogP contribution is -2.23. The van der Waals surface area contributed by atoms with E-state index in [0.717, 1.165) is 11.1 Å². The Bertz CT molecular complexity index is 455. The summed E-state index contributed by atoms with van der Waals surface area (Å²) in [6, 6.07) is 5.49. The molecule has 0 unspecified atom stereocenters. The van der Waals surface area contributed by atoms with E-state index in [2.05, 4.69) is 17.2 Å². The van der Waals surface area contributed by atoms with Crippen LogP contribution in [0.25, 0.3) is 0 Å². The molecule has 0 aliphatic heterocycles. The van der Waals surface area contributed by atoms with E-state index >= 15 is 0 Å². The molecule has 0 aliphatic carbocycles. The minimum Gasteiger partial charge on any atom is -0.395 e. The molecule has 1 aromatic carbocycles. The molecule has 0 bridgehead atoms. The lowest BCUT2D eigenvalue weighted by molar-refractivity contribution is 0.0955. The van der Waals surface area contributed by atoms with Gasteiger partial charge in [-0.15, -0.1) is 0 Å². The number of aliphatic hydroxyl groups excluding tert-OH is 1. The molecule has 0 radical (unpaired) electrons. The minimum atomic E-state index is -0.0733. The van der Waals surface area contributed by atoms with Crippen LogP contribution in [-0.2, 0) is 0 Å². The molecule has 0 heterocycles. The van der Waals surface area contributed by atoms with E-state index in [-0.39, 0.29) is 12.5 Å². The van der Waals surface area contributed by atoms with Crippen LogP contribution >= 0.6 is 0 Å². The van der Waals surface area contributed by atoms with Crippen molar-refractivity contribution in [3.05, 3.63) is 34.9 Å². The van der Waals surface area contributed by atoms with Crippen molar-refractivity contribution in [3.8, 4) is 11.8 Å². The molecule has 0 fully saturated rings. The summed E-state index contributed by atoms with van der Waals surface area (Å²) in [5.74, 6) is 5.75. The van der Waals surface area contributed by atoms with Gasteiger partial charge in [0.1, 0.15) is 0 Å². The fourth-order valence-corrected chi connectivity index (χ4v) is 1.49. The Kier molecular flexibility index (Phi) is 5.25. The molecule has 17 heavy (non-hydrogen) atoms. The van der Waals surface area contributed by atoms with Crippen molar-refractivity contribution in [1.82, 2.24) is 5.32 Å². The third-order valence-electron chi connectivity index (χ3n) is 2.38. The van der Waals surface area contributed by atoms with E-state index in [1.807, 2.05) is 26.0 Å². The fraction of sp³-hybridized carbons (Fsp3) is 0.357. The smallest absolute Gasteiger partial charge is 0.251 e. The highest BCUT2D eigenvalue weighted by Crippen LogP contribution is 2.12. The van der Waals surface area contributed by atoms with Crippen LogP contribution in [-0.4, -0.2) is 24.2 Å². The summed E-state index contributed by atoms with van der Waals surface area (Å²) in [7, 11) is 0. The van der Waals surface area contributed by atoms with Crippen molar-refractivity contribution in [2.45, 2.75) is 20.3 Å². The molecule has 1 rings (SSSR count). The van der Waals surface area contributed by atoms with Crippen molar-refractivity contribution in [3.63, 3.8) is 0 Å². The molecule has 1 aromatic rings. The minimum absolute atomic E-state index is 0.0576. The van der Waals surface area contributed by atoms with Gasteiger partial charge in [-0.3, -0.25) is 4.79 Å². The van der Waals surface area contributed by atoms with Gasteiger partial charge in [-0.1, -0.05) is 17.9 Å². The number of hydrogen-bond acceptors (Lipinski definition) is 2. The van der Waals surface area contributed by atoms with Crippen LogP contribution in [0.3, 0.4) is 0 Å². The van der Waals surface area contributed by atoms with Crippen molar-refractivity contribution in [1.29, 1.82) is 0 Å². The highest BCUT2D eigenvalue weighted by molar-refractivity contribution is 5.96. The Labute approximate surface area is 102 Å². The quantitative estimate of drug-likeness (QED) is 0.774. The second-order valence-corrected chi connectivity index (χ2v) is 3.61. The third-order valence-corrected chi connectivity index (χ3v) is 2.38. The first kappa shape index (κ1) is 13.3. The van der Waals surface area contributed by atoms with Gasteiger partial charge in [0.2, 0.25) is 0 Å². The molecule has 0 aliphatic rings. The number of hydrogen-bond donors (Lipinski definition) is 2. The number of amides is 1. The largest absolute Gasteiger partial charge is 0.395 e. The van der Waals surface area contributed by atoms with E-state index in [4.69, 9.17) is 5.11 Å². The summed E-state index contributed by atoms with van der Waals surface area (Å²) in [4.78, 5) is 11.7. The van der Waals surface area contributed by atoms with E-state index in [1.165, 1.54) is 0 Å². The molecule has 90 valence electrons. The predicted molar refractivity (Wildman–Crippen MR) is 67.8 cm³/mol. The molecular formula is C14H17NO2. The zero-order valence-electron chi connectivity index (χ0n) is 10.2. The Morgan fingerprint density at radius 2 is 2.24 bits per heavy atom. The maximum Gasteiger partial charge on any atom is 0.251 e. The van der Waals surface area contributed by atoms with Gasteiger partial charge in [-0.05, 0) is 31.5 Å². The Balaban J connectivity index is 3.00. The summed E-state index contributed by atoms with van der Waals surface area (Å²) in [5.41, 5.74) is 2.37. The van der Waals surface area contributed by atoms with Gasteiger partial charge in [0.05, 0.1) is 6.61 Å². The first-order valence-electron chi connectivity index (χ1n) is 5.68. The number of nitrogens with one attached hydrogen (secondary N) is 1. The molecule has 0 saturated carbocycles. The monoisotopic (exact) mass is 231 g/mol. The SMILES string of the molecule is CCNC(=O)c1cccc(C#CCCO)c1C. The first-order chi connectivity index (χ1) is 8.20. The van der Waals surface area contributed by atoms with E-state index in [9.17, 15) is 4.79 Å². The van der Waals surface area contributed by atoms with Gasteiger partial charge in [0.15, 0.2) is 0 Å². The fourth-order valence-electron chi connectivity index (χ4n) is 1.49. The molecule has 0 aromatic heterocycles. The molecular weight excluding hydrogens is 214 g/mol. The van der Waals surface area contributed by atoms with Crippen LogP contribution in [0.5, 0.6) is 0 Å². The summed E-state index contributed by atoms with van der Waals surface area (Å²) < 4.78 is 0. The average Bonchev–Trinajstić information content (AvgIpc) is 2.32.